The van der Waals surface area contributed by atoms with Gasteiger partial charge in [-0.2, -0.15) is 10.2 Å². The second kappa shape index (κ2) is 5.54. The van der Waals surface area contributed by atoms with Crippen LogP contribution in [0.3, 0.4) is 0 Å². The number of nitrogens with one attached hydrogen (secondary N) is 1. The second-order valence-corrected chi connectivity index (χ2v) is 5.55. The van der Waals surface area contributed by atoms with Crippen LogP contribution in [0.15, 0.2) is 6.33 Å². The number of hydrogen-bond acceptors (Lipinski definition) is 4. The molecule has 2 aromatic rings. The molecule has 0 saturated heterocycles. The van der Waals surface area contributed by atoms with E-state index in [2.05, 4.69) is 27.4 Å². The molecule has 1 aliphatic carbocycles. The molecule has 0 atom stereocenters. The third-order valence-corrected chi connectivity index (χ3v) is 3.97. The van der Waals surface area contributed by atoms with Gasteiger partial charge in [-0.25, -0.2) is 9.67 Å². The van der Waals surface area contributed by atoms with E-state index < -0.39 is 0 Å². The third-order valence-electron chi connectivity index (χ3n) is 3.47. The van der Waals surface area contributed by atoms with Crippen molar-refractivity contribution in [2.45, 2.75) is 52.4 Å². The highest BCUT2D eigenvalue weighted by molar-refractivity contribution is 6.31. The van der Waals surface area contributed by atoms with E-state index in [-0.39, 0.29) is 0 Å². The SMILES string of the molecule is CCn1nc(C)c(Cl)c1Cn1cnc(CNC2CC2)n1. The summed E-state index contributed by atoms with van der Waals surface area (Å²) in [7, 11) is 0. The van der Waals surface area contributed by atoms with Gasteiger partial charge in [0.1, 0.15) is 6.33 Å². The Kier molecular flexibility index (Phi) is 3.76. The van der Waals surface area contributed by atoms with Gasteiger partial charge in [0.25, 0.3) is 0 Å². The van der Waals surface area contributed by atoms with Crippen molar-refractivity contribution in [3.63, 3.8) is 0 Å². The molecule has 1 aliphatic rings. The van der Waals surface area contributed by atoms with Gasteiger partial charge in [0, 0.05) is 12.6 Å². The summed E-state index contributed by atoms with van der Waals surface area (Å²) in [4.78, 5) is 4.32. The monoisotopic (exact) mass is 294 g/mol. The number of nitrogens with zero attached hydrogens (tertiary/aromatic N) is 5. The molecule has 0 radical (unpaired) electrons. The summed E-state index contributed by atoms with van der Waals surface area (Å²) in [6.45, 7) is 6.11. The van der Waals surface area contributed by atoms with Crippen LogP contribution in [-0.2, 0) is 19.6 Å². The zero-order valence-corrected chi connectivity index (χ0v) is 12.6. The smallest absolute Gasteiger partial charge is 0.164 e. The Hall–Kier alpha value is -1.40. The van der Waals surface area contributed by atoms with Gasteiger partial charge in [0.15, 0.2) is 5.82 Å². The van der Waals surface area contributed by atoms with Crippen molar-refractivity contribution in [3.05, 3.63) is 28.6 Å². The largest absolute Gasteiger partial charge is 0.307 e. The summed E-state index contributed by atoms with van der Waals surface area (Å²) in [5, 5.41) is 13.0. The number of aromatic nitrogens is 5. The first-order valence-electron chi connectivity index (χ1n) is 7.01. The van der Waals surface area contributed by atoms with E-state index in [0.29, 0.717) is 12.6 Å². The molecule has 0 bridgehead atoms. The standard InChI is InChI=1S/C13H19ClN6/c1-3-20-11(13(14)9(2)17-20)7-19-8-16-12(18-19)6-15-10-4-5-10/h8,10,15H,3-7H2,1-2H3. The third kappa shape index (κ3) is 2.86. The first kappa shape index (κ1) is 13.6. The van der Waals surface area contributed by atoms with Crippen LogP contribution in [0.5, 0.6) is 0 Å². The van der Waals surface area contributed by atoms with Crippen LogP contribution >= 0.6 is 11.6 Å². The van der Waals surface area contributed by atoms with Gasteiger partial charge in [-0.1, -0.05) is 11.6 Å². The summed E-state index contributed by atoms with van der Waals surface area (Å²) in [5.41, 5.74) is 1.84. The van der Waals surface area contributed by atoms with Gasteiger partial charge in [0.05, 0.1) is 29.5 Å². The molecule has 0 spiro atoms. The van der Waals surface area contributed by atoms with E-state index in [1.165, 1.54) is 12.8 Å². The molecular formula is C13H19ClN6. The topological polar surface area (TPSA) is 60.6 Å². The lowest BCUT2D eigenvalue weighted by molar-refractivity contribution is 0.567. The Labute approximate surface area is 123 Å². The summed E-state index contributed by atoms with van der Waals surface area (Å²) in [6, 6.07) is 0.667. The highest BCUT2D eigenvalue weighted by Crippen LogP contribution is 2.21. The zero-order chi connectivity index (χ0) is 14.1. The van der Waals surface area contributed by atoms with Crippen LogP contribution in [0, 0.1) is 6.92 Å². The molecule has 1 saturated carbocycles. The van der Waals surface area contributed by atoms with Crippen molar-refractivity contribution in [1.29, 1.82) is 0 Å². The van der Waals surface area contributed by atoms with Crippen molar-refractivity contribution in [1.82, 2.24) is 29.9 Å². The maximum Gasteiger partial charge on any atom is 0.164 e. The Bertz CT molecular complexity index is 598. The minimum absolute atomic E-state index is 0.601. The number of aryl methyl sites for hydroxylation is 2. The number of rotatable bonds is 6. The van der Waals surface area contributed by atoms with Crippen LogP contribution in [0.2, 0.25) is 5.02 Å². The lowest BCUT2D eigenvalue weighted by atomic mass is 10.3. The molecule has 2 heterocycles. The maximum absolute atomic E-state index is 6.30. The second-order valence-electron chi connectivity index (χ2n) is 5.18. The number of halogens is 1. The molecule has 0 aliphatic heterocycles. The highest BCUT2D eigenvalue weighted by atomic mass is 35.5. The molecule has 20 heavy (non-hydrogen) atoms. The molecular weight excluding hydrogens is 276 g/mol. The lowest BCUT2D eigenvalue weighted by Crippen LogP contribution is -2.16. The fourth-order valence-electron chi connectivity index (χ4n) is 2.19. The molecule has 0 unspecified atom stereocenters. The van der Waals surface area contributed by atoms with Gasteiger partial charge >= 0.3 is 0 Å². The first-order chi connectivity index (χ1) is 9.67. The Morgan fingerprint density at radius 3 is 2.90 bits per heavy atom. The van der Waals surface area contributed by atoms with E-state index in [4.69, 9.17) is 11.6 Å². The normalized spacial score (nSPS) is 14.9. The summed E-state index contributed by atoms with van der Waals surface area (Å²) in [6.07, 6.45) is 4.29. The molecule has 7 heteroatoms. The van der Waals surface area contributed by atoms with Crippen LogP contribution in [-0.4, -0.2) is 30.6 Å². The van der Waals surface area contributed by atoms with E-state index in [1.807, 2.05) is 16.3 Å². The van der Waals surface area contributed by atoms with Crippen molar-refractivity contribution in [3.8, 4) is 0 Å². The minimum Gasteiger partial charge on any atom is -0.307 e. The van der Waals surface area contributed by atoms with Gasteiger partial charge in [0.2, 0.25) is 0 Å². The summed E-state index contributed by atoms with van der Waals surface area (Å²) < 4.78 is 3.74. The Morgan fingerprint density at radius 1 is 1.40 bits per heavy atom. The fourth-order valence-corrected chi connectivity index (χ4v) is 2.38. The maximum atomic E-state index is 6.30. The molecule has 1 N–H and O–H groups in total. The molecule has 3 rings (SSSR count). The minimum atomic E-state index is 0.601. The van der Waals surface area contributed by atoms with Gasteiger partial charge in [-0.3, -0.25) is 4.68 Å². The predicted molar refractivity (Wildman–Crippen MR) is 76.6 cm³/mol. The molecule has 6 nitrogen and oxygen atoms in total. The van der Waals surface area contributed by atoms with Crippen molar-refractivity contribution < 1.29 is 0 Å². The van der Waals surface area contributed by atoms with Gasteiger partial charge in [-0.05, 0) is 26.7 Å². The quantitative estimate of drug-likeness (QED) is 0.882. The summed E-state index contributed by atoms with van der Waals surface area (Å²) in [5.74, 6) is 0.826. The molecule has 1 fully saturated rings. The lowest BCUT2D eigenvalue weighted by Gasteiger charge is -2.05. The van der Waals surface area contributed by atoms with Crippen LogP contribution < -0.4 is 5.32 Å². The molecule has 0 amide bonds. The first-order valence-corrected chi connectivity index (χ1v) is 7.38. The molecule has 108 valence electrons. The Balaban J connectivity index is 1.70. The van der Waals surface area contributed by atoms with Crippen molar-refractivity contribution in [2.75, 3.05) is 0 Å². The van der Waals surface area contributed by atoms with Gasteiger partial charge < -0.3 is 5.32 Å². The van der Waals surface area contributed by atoms with E-state index in [0.717, 1.165) is 35.3 Å². The molecule has 0 aromatic carbocycles. The van der Waals surface area contributed by atoms with Crippen LogP contribution in [0.25, 0.3) is 0 Å². The van der Waals surface area contributed by atoms with Crippen molar-refractivity contribution >= 4 is 11.6 Å². The number of hydrogen-bond donors (Lipinski definition) is 1. The van der Waals surface area contributed by atoms with E-state index in [1.54, 1.807) is 6.33 Å². The van der Waals surface area contributed by atoms with E-state index >= 15 is 0 Å². The zero-order valence-electron chi connectivity index (χ0n) is 11.8. The van der Waals surface area contributed by atoms with Crippen LogP contribution in [0.1, 0.15) is 37.0 Å². The Morgan fingerprint density at radius 2 is 2.20 bits per heavy atom. The highest BCUT2D eigenvalue weighted by Gasteiger charge is 2.20. The average Bonchev–Trinajstić information content (AvgIpc) is 3.11. The van der Waals surface area contributed by atoms with E-state index in [9.17, 15) is 0 Å². The fraction of sp³-hybridized carbons (Fsp3) is 0.615. The van der Waals surface area contributed by atoms with Crippen LogP contribution in [0.4, 0.5) is 0 Å². The average molecular weight is 295 g/mol. The van der Waals surface area contributed by atoms with Crippen molar-refractivity contribution in [2.24, 2.45) is 0 Å². The predicted octanol–water partition coefficient (Wildman–Crippen LogP) is 1.76. The summed E-state index contributed by atoms with van der Waals surface area (Å²) >= 11 is 6.30. The molecule has 2 aromatic heterocycles. The van der Waals surface area contributed by atoms with Gasteiger partial charge in [-0.15, -0.1) is 0 Å².